The number of hydrogen-bond acceptors (Lipinski definition) is 6. The van der Waals surface area contributed by atoms with E-state index in [1.165, 1.54) is 0 Å². The van der Waals surface area contributed by atoms with Gasteiger partial charge in [-0.05, 0) is 58.2 Å². The van der Waals surface area contributed by atoms with Crippen molar-refractivity contribution in [1.29, 1.82) is 0 Å². The summed E-state index contributed by atoms with van der Waals surface area (Å²) in [6, 6.07) is 0. The van der Waals surface area contributed by atoms with Gasteiger partial charge in [-0.2, -0.15) is 0 Å². The molecule has 0 atom stereocenters. The van der Waals surface area contributed by atoms with Gasteiger partial charge in [-0.3, -0.25) is 9.59 Å². The van der Waals surface area contributed by atoms with Crippen LogP contribution in [0.5, 0.6) is 0 Å². The van der Waals surface area contributed by atoms with Gasteiger partial charge in [0, 0.05) is 6.61 Å². The zero-order chi connectivity index (χ0) is 17.7. The van der Waals surface area contributed by atoms with Gasteiger partial charge >= 0.3 is 0 Å². The molecule has 0 amide bonds. The van der Waals surface area contributed by atoms with E-state index in [-0.39, 0.29) is 6.61 Å². The van der Waals surface area contributed by atoms with Crippen LogP contribution in [-0.4, -0.2) is 62.4 Å². The van der Waals surface area contributed by atoms with Gasteiger partial charge in [0.25, 0.3) is 12.9 Å². The predicted molar refractivity (Wildman–Crippen MR) is 93.7 cm³/mol. The third-order valence-corrected chi connectivity index (χ3v) is 3.99. The Kier molecular flexibility index (Phi) is 19.0. The van der Waals surface area contributed by atoms with E-state index in [1.807, 2.05) is 0 Å². The highest BCUT2D eigenvalue weighted by atomic mass is 16.5. The Morgan fingerprint density at radius 1 is 0.625 bits per heavy atom. The van der Waals surface area contributed by atoms with Gasteiger partial charge in [0.1, 0.15) is 0 Å². The summed E-state index contributed by atoms with van der Waals surface area (Å²) in [7, 11) is 0. The number of rotatable bonds is 20. The molecule has 0 aromatic rings. The zero-order valence-corrected chi connectivity index (χ0v) is 15.0. The van der Waals surface area contributed by atoms with E-state index in [9.17, 15) is 9.59 Å². The molecular formula is C18H35NO5. The lowest BCUT2D eigenvalue weighted by molar-refractivity contribution is -0.129. The van der Waals surface area contributed by atoms with E-state index in [2.05, 4.69) is 14.4 Å². The number of aliphatic hydroxyl groups excluding tert-OH is 1. The first-order chi connectivity index (χ1) is 11.8. The molecule has 0 saturated carbocycles. The lowest BCUT2D eigenvalue weighted by atomic mass is 10.1. The fourth-order valence-electron chi connectivity index (χ4n) is 2.63. The number of carbonyl (C=O) groups excluding carboxylic acids is 2. The second kappa shape index (κ2) is 19.9. The molecule has 0 aromatic carbocycles. The number of carbonyl (C=O) groups is 2. The average molecular weight is 345 g/mol. The molecule has 0 saturated heterocycles. The van der Waals surface area contributed by atoms with Crippen LogP contribution in [-0.2, 0) is 19.1 Å². The first-order valence-electron chi connectivity index (χ1n) is 9.29. The lowest BCUT2D eigenvalue weighted by Crippen LogP contribution is -2.27. The highest BCUT2D eigenvalue weighted by Crippen LogP contribution is 2.07. The van der Waals surface area contributed by atoms with Crippen LogP contribution in [0.3, 0.4) is 0 Å². The third kappa shape index (κ3) is 17.2. The predicted octanol–water partition coefficient (Wildman–Crippen LogP) is 2.53. The van der Waals surface area contributed by atoms with Crippen LogP contribution in [0.25, 0.3) is 0 Å². The molecule has 0 aromatic heterocycles. The van der Waals surface area contributed by atoms with Crippen molar-refractivity contribution >= 4 is 12.9 Å². The highest BCUT2D eigenvalue weighted by Gasteiger charge is 2.04. The zero-order valence-electron chi connectivity index (χ0n) is 15.0. The monoisotopic (exact) mass is 345 g/mol. The van der Waals surface area contributed by atoms with E-state index in [1.54, 1.807) is 0 Å². The van der Waals surface area contributed by atoms with Gasteiger partial charge in [-0.1, -0.05) is 25.7 Å². The molecule has 0 spiro atoms. The van der Waals surface area contributed by atoms with Crippen molar-refractivity contribution in [3.63, 3.8) is 0 Å². The van der Waals surface area contributed by atoms with Gasteiger partial charge in [-0.25, -0.2) is 0 Å². The van der Waals surface area contributed by atoms with E-state index in [0.717, 1.165) is 83.8 Å². The summed E-state index contributed by atoms with van der Waals surface area (Å²) in [4.78, 5) is 22.6. The molecule has 0 unspecified atom stereocenters. The van der Waals surface area contributed by atoms with Gasteiger partial charge < -0.3 is 19.5 Å². The largest absolute Gasteiger partial charge is 0.468 e. The summed E-state index contributed by atoms with van der Waals surface area (Å²) in [5.74, 6) is 0. The van der Waals surface area contributed by atoms with E-state index >= 15 is 0 Å². The van der Waals surface area contributed by atoms with Crippen LogP contribution < -0.4 is 0 Å². The second-order valence-corrected chi connectivity index (χ2v) is 6.03. The summed E-state index contributed by atoms with van der Waals surface area (Å²) in [6.45, 7) is 5.56. The standard InChI is InChI=1S/C18H35NO5/c20-14-8-7-13-19(11-5-1-3-9-15-23-17-21)12-6-2-4-10-16-24-18-22/h17-18,20H,1-16H2. The molecule has 6 heteroatoms. The van der Waals surface area contributed by atoms with Crippen molar-refractivity contribution < 1.29 is 24.2 Å². The van der Waals surface area contributed by atoms with Crippen LogP contribution in [0.4, 0.5) is 0 Å². The van der Waals surface area contributed by atoms with Crippen LogP contribution in [0.15, 0.2) is 0 Å². The number of ether oxygens (including phenoxy) is 2. The highest BCUT2D eigenvalue weighted by molar-refractivity contribution is 5.36. The van der Waals surface area contributed by atoms with E-state index in [0.29, 0.717) is 26.2 Å². The fraction of sp³-hybridized carbons (Fsp3) is 0.889. The Morgan fingerprint density at radius 2 is 1.04 bits per heavy atom. The van der Waals surface area contributed by atoms with Crippen molar-refractivity contribution in [2.75, 3.05) is 39.5 Å². The number of unbranched alkanes of at least 4 members (excludes halogenated alkanes) is 7. The van der Waals surface area contributed by atoms with Crippen molar-refractivity contribution in [1.82, 2.24) is 4.90 Å². The normalized spacial score (nSPS) is 10.8. The third-order valence-electron chi connectivity index (χ3n) is 3.99. The first kappa shape index (κ1) is 22.9. The van der Waals surface area contributed by atoms with Crippen molar-refractivity contribution in [3.05, 3.63) is 0 Å². The first-order valence-corrected chi connectivity index (χ1v) is 9.29. The molecule has 0 aliphatic carbocycles. The minimum Gasteiger partial charge on any atom is -0.468 e. The maximum absolute atomic E-state index is 10.0. The molecule has 0 bridgehead atoms. The van der Waals surface area contributed by atoms with Crippen LogP contribution in [0.2, 0.25) is 0 Å². The number of hydrogen-bond donors (Lipinski definition) is 1. The molecule has 0 heterocycles. The van der Waals surface area contributed by atoms with E-state index in [4.69, 9.17) is 5.11 Å². The lowest BCUT2D eigenvalue weighted by Gasteiger charge is -2.22. The SMILES string of the molecule is O=COCCCCCCN(CCCCO)CCCCCCOC=O. The Morgan fingerprint density at radius 3 is 1.46 bits per heavy atom. The maximum Gasteiger partial charge on any atom is 0.293 e. The van der Waals surface area contributed by atoms with Crippen LogP contribution in [0.1, 0.15) is 64.2 Å². The smallest absolute Gasteiger partial charge is 0.293 e. The Labute approximate surface area is 146 Å². The minimum atomic E-state index is 0.265. The fourth-order valence-corrected chi connectivity index (χ4v) is 2.63. The van der Waals surface area contributed by atoms with Gasteiger partial charge in [0.2, 0.25) is 0 Å². The number of nitrogens with zero attached hydrogens (tertiary/aromatic N) is 1. The molecule has 0 aliphatic heterocycles. The Bertz CT molecular complexity index is 254. The van der Waals surface area contributed by atoms with Crippen molar-refractivity contribution in [3.8, 4) is 0 Å². The van der Waals surface area contributed by atoms with Crippen LogP contribution >= 0.6 is 0 Å². The maximum atomic E-state index is 10.0. The summed E-state index contributed by atoms with van der Waals surface area (Å²) >= 11 is 0. The molecular weight excluding hydrogens is 310 g/mol. The summed E-state index contributed by atoms with van der Waals surface area (Å²) in [5, 5.41) is 8.92. The molecule has 0 aliphatic rings. The topological polar surface area (TPSA) is 76.1 Å². The molecule has 1 N–H and O–H groups in total. The van der Waals surface area contributed by atoms with E-state index < -0.39 is 0 Å². The molecule has 142 valence electrons. The van der Waals surface area contributed by atoms with Crippen LogP contribution in [0, 0.1) is 0 Å². The molecule has 0 rings (SSSR count). The second-order valence-electron chi connectivity index (χ2n) is 6.03. The molecule has 6 nitrogen and oxygen atoms in total. The molecule has 0 radical (unpaired) electrons. The summed E-state index contributed by atoms with van der Waals surface area (Å²) in [6.07, 6.45) is 10.6. The average Bonchev–Trinajstić information content (AvgIpc) is 2.59. The summed E-state index contributed by atoms with van der Waals surface area (Å²) < 4.78 is 9.37. The Balaban J connectivity index is 3.67. The number of aliphatic hydroxyl groups is 1. The molecule has 24 heavy (non-hydrogen) atoms. The van der Waals surface area contributed by atoms with Gasteiger partial charge in [0.05, 0.1) is 13.2 Å². The van der Waals surface area contributed by atoms with Crippen molar-refractivity contribution in [2.24, 2.45) is 0 Å². The Hall–Kier alpha value is -1.14. The quantitative estimate of drug-likeness (QED) is 0.270. The van der Waals surface area contributed by atoms with Crippen molar-refractivity contribution in [2.45, 2.75) is 64.2 Å². The minimum absolute atomic E-state index is 0.265. The summed E-state index contributed by atoms with van der Waals surface area (Å²) in [5.41, 5.74) is 0. The van der Waals surface area contributed by atoms with Gasteiger partial charge in [-0.15, -0.1) is 0 Å². The van der Waals surface area contributed by atoms with Gasteiger partial charge in [0.15, 0.2) is 0 Å². The molecule has 0 fully saturated rings.